The van der Waals surface area contributed by atoms with E-state index in [0.717, 1.165) is 31.1 Å². The van der Waals surface area contributed by atoms with Gasteiger partial charge in [-0.25, -0.2) is 4.98 Å². The maximum Gasteiger partial charge on any atom is 0.138 e. The van der Waals surface area contributed by atoms with Crippen LogP contribution in [0.3, 0.4) is 0 Å². The molecule has 1 N–H and O–H groups in total. The lowest BCUT2D eigenvalue weighted by Crippen LogP contribution is -2.24. The van der Waals surface area contributed by atoms with Crippen LogP contribution < -0.4 is 10.1 Å². The maximum absolute atomic E-state index is 5.20. The van der Waals surface area contributed by atoms with Crippen LogP contribution in [0.4, 0.5) is 0 Å². The molecule has 0 saturated carbocycles. The lowest BCUT2D eigenvalue weighted by Gasteiger charge is -2.18. The van der Waals surface area contributed by atoms with Gasteiger partial charge in [0, 0.05) is 19.0 Å². The Bertz CT molecular complexity index is 521. The van der Waals surface area contributed by atoms with Crippen LogP contribution in [0.2, 0.25) is 0 Å². The minimum Gasteiger partial charge on any atom is -0.497 e. The molecule has 0 radical (unpaired) electrons. The van der Waals surface area contributed by atoms with E-state index in [4.69, 9.17) is 4.74 Å². The molecule has 0 fully saturated rings. The highest BCUT2D eigenvalue weighted by atomic mass is 16.5. The van der Waals surface area contributed by atoms with Gasteiger partial charge in [-0.05, 0) is 31.2 Å². The Morgan fingerprint density at radius 2 is 2.00 bits per heavy atom. The molecule has 108 valence electrons. The van der Waals surface area contributed by atoms with E-state index in [0.29, 0.717) is 0 Å². The number of methoxy groups -OCH3 is 1. The first-order chi connectivity index (χ1) is 9.78. The van der Waals surface area contributed by atoms with Gasteiger partial charge in [0.15, 0.2) is 0 Å². The van der Waals surface area contributed by atoms with E-state index in [1.54, 1.807) is 13.4 Å². The van der Waals surface area contributed by atoms with Gasteiger partial charge in [-0.1, -0.05) is 19.1 Å². The van der Waals surface area contributed by atoms with E-state index >= 15 is 0 Å². The molecule has 1 heterocycles. The summed E-state index contributed by atoms with van der Waals surface area (Å²) >= 11 is 0. The van der Waals surface area contributed by atoms with Crippen LogP contribution in [0.5, 0.6) is 5.75 Å². The number of hydrogen-bond donors (Lipinski definition) is 1. The topological polar surface area (TPSA) is 52.0 Å². The van der Waals surface area contributed by atoms with Crippen molar-refractivity contribution >= 4 is 0 Å². The molecule has 0 aliphatic rings. The summed E-state index contributed by atoms with van der Waals surface area (Å²) in [7, 11) is 1.68. The SMILES string of the molecule is CCNC(Cc1ncnn1CC)c1ccc(OC)cc1. The summed E-state index contributed by atoms with van der Waals surface area (Å²) in [5, 5.41) is 7.73. The second kappa shape index (κ2) is 7.05. The number of rotatable bonds is 7. The van der Waals surface area contributed by atoms with Gasteiger partial charge in [0.2, 0.25) is 0 Å². The van der Waals surface area contributed by atoms with Gasteiger partial charge in [-0.3, -0.25) is 4.68 Å². The van der Waals surface area contributed by atoms with Crippen LogP contribution in [-0.2, 0) is 13.0 Å². The molecule has 0 saturated heterocycles. The summed E-state index contributed by atoms with van der Waals surface area (Å²) < 4.78 is 7.14. The lowest BCUT2D eigenvalue weighted by molar-refractivity contribution is 0.414. The Labute approximate surface area is 120 Å². The summed E-state index contributed by atoms with van der Waals surface area (Å²) in [6.45, 7) is 5.95. The first kappa shape index (κ1) is 14.5. The van der Waals surface area contributed by atoms with Gasteiger partial charge < -0.3 is 10.1 Å². The quantitative estimate of drug-likeness (QED) is 0.841. The molecule has 0 amide bonds. The van der Waals surface area contributed by atoms with Gasteiger partial charge in [-0.15, -0.1) is 0 Å². The first-order valence-corrected chi connectivity index (χ1v) is 7.02. The number of aryl methyl sites for hydroxylation is 1. The molecule has 1 unspecified atom stereocenters. The smallest absolute Gasteiger partial charge is 0.138 e. The summed E-state index contributed by atoms with van der Waals surface area (Å²) in [5.74, 6) is 1.88. The van der Waals surface area contributed by atoms with Crippen LogP contribution in [-0.4, -0.2) is 28.4 Å². The zero-order valence-electron chi connectivity index (χ0n) is 12.3. The Balaban J connectivity index is 2.17. The average Bonchev–Trinajstić information content (AvgIpc) is 2.94. The minimum atomic E-state index is 0.236. The zero-order valence-corrected chi connectivity index (χ0v) is 12.3. The standard InChI is InChI=1S/C15H22N4O/c1-4-16-14(10-15-17-11-18-19(15)5-2)12-6-8-13(20-3)9-7-12/h6-9,11,14,16H,4-5,10H2,1-3H3. The maximum atomic E-state index is 5.20. The van der Waals surface area contributed by atoms with E-state index in [1.807, 2.05) is 16.8 Å². The van der Waals surface area contributed by atoms with Crippen molar-refractivity contribution in [1.29, 1.82) is 0 Å². The monoisotopic (exact) mass is 274 g/mol. The fourth-order valence-corrected chi connectivity index (χ4v) is 2.28. The minimum absolute atomic E-state index is 0.236. The second-order valence-corrected chi connectivity index (χ2v) is 4.58. The third-order valence-corrected chi connectivity index (χ3v) is 3.35. The van der Waals surface area contributed by atoms with Gasteiger partial charge in [-0.2, -0.15) is 5.10 Å². The molecule has 1 aromatic carbocycles. The fourth-order valence-electron chi connectivity index (χ4n) is 2.28. The molecule has 1 aromatic heterocycles. The Kier molecular flexibility index (Phi) is 5.12. The van der Waals surface area contributed by atoms with Crippen LogP contribution >= 0.6 is 0 Å². The third kappa shape index (κ3) is 3.36. The van der Waals surface area contributed by atoms with Crippen molar-refractivity contribution in [3.05, 3.63) is 42.0 Å². The molecular weight excluding hydrogens is 252 g/mol. The number of nitrogens with zero attached hydrogens (tertiary/aromatic N) is 3. The average molecular weight is 274 g/mol. The third-order valence-electron chi connectivity index (χ3n) is 3.35. The predicted molar refractivity (Wildman–Crippen MR) is 78.8 cm³/mol. The molecule has 2 rings (SSSR count). The van der Waals surface area contributed by atoms with E-state index in [-0.39, 0.29) is 6.04 Å². The summed E-state index contributed by atoms with van der Waals surface area (Å²) in [5.41, 5.74) is 1.23. The molecule has 0 spiro atoms. The first-order valence-electron chi connectivity index (χ1n) is 7.02. The number of likely N-dealkylation sites (N-methyl/N-ethyl adjacent to an activating group) is 1. The Morgan fingerprint density at radius 3 is 2.60 bits per heavy atom. The van der Waals surface area contributed by atoms with E-state index < -0.39 is 0 Å². The number of ether oxygens (including phenoxy) is 1. The number of aromatic nitrogens is 3. The second-order valence-electron chi connectivity index (χ2n) is 4.58. The van der Waals surface area contributed by atoms with Crippen LogP contribution in [0.1, 0.15) is 31.3 Å². The van der Waals surface area contributed by atoms with Gasteiger partial charge in [0.25, 0.3) is 0 Å². The number of nitrogens with one attached hydrogen (secondary N) is 1. The van der Waals surface area contributed by atoms with Gasteiger partial charge >= 0.3 is 0 Å². The van der Waals surface area contributed by atoms with Crippen molar-refractivity contribution in [3.63, 3.8) is 0 Å². The molecule has 2 aromatic rings. The molecule has 20 heavy (non-hydrogen) atoms. The summed E-state index contributed by atoms with van der Waals surface area (Å²) in [4.78, 5) is 4.36. The van der Waals surface area contributed by atoms with Gasteiger partial charge in [0.05, 0.1) is 7.11 Å². The largest absolute Gasteiger partial charge is 0.497 e. The molecule has 1 atom stereocenters. The number of hydrogen-bond acceptors (Lipinski definition) is 4. The molecule has 5 heteroatoms. The highest BCUT2D eigenvalue weighted by Crippen LogP contribution is 2.20. The number of benzene rings is 1. The van der Waals surface area contributed by atoms with Crippen LogP contribution in [0, 0.1) is 0 Å². The van der Waals surface area contributed by atoms with Crippen molar-refractivity contribution in [2.75, 3.05) is 13.7 Å². The molecular formula is C15H22N4O. The highest BCUT2D eigenvalue weighted by molar-refractivity contribution is 5.29. The highest BCUT2D eigenvalue weighted by Gasteiger charge is 2.14. The van der Waals surface area contributed by atoms with E-state index in [9.17, 15) is 0 Å². The fraction of sp³-hybridized carbons (Fsp3) is 0.467. The summed E-state index contributed by atoms with van der Waals surface area (Å²) in [6.07, 6.45) is 2.45. The molecule has 0 aliphatic heterocycles. The summed E-state index contributed by atoms with van der Waals surface area (Å²) in [6, 6.07) is 8.41. The van der Waals surface area contributed by atoms with Gasteiger partial charge in [0.1, 0.15) is 17.9 Å². The Hall–Kier alpha value is -1.88. The van der Waals surface area contributed by atoms with Crippen molar-refractivity contribution in [2.45, 2.75) is 32.9 Å². The zero-order chi connectivity index (χ0) is 14.4. The normalized spacial score (nSPS) is 12.3. The van der Waals surface area contributed by atoms with Crippen LogP contribution in [0.25, 0.3) is 0 Å². The lowest BCUT2D eigenvalue weighted by atomic mass is 10.0. The van der Waals surface area contributed by atoms with Crippen molar-refractivity contribution in [2.24, 2.45) is 0 Å². The van der Waals surface area contributed by atoms with E-state index in [2.05, 4.69) is 41.4 Å². The van der Waals surface area contributed by atoms with Crippen molar-refractivity contribution in [3.8, 4) is 5.75 Å². The Morgan fingerprint density at radius 1 is 1.25 bits per heavy atom. The van der Waals surface area contributed by atoms with E-state index in [1.165, 1.54) is 5.56 Å². The van der Waals surface area contributed by atoms with Crippen molar-refractivity contribution in [1.82, 2.24) is 20.1 Å². The molecule has 5 nitrogen and oxygen atoms in total. The van der Waals surface area contributed by atoms with Crippen LogP contribution in [0.15, 0.2) is 30.6 Å². The predicted octanol–water partition coefficient (Wildman–Crippen LogP) is 2.20. The molecule has 0 bridgehead atoms. The molecule has 0 aliphatic carbocycles. The van der Waals surface area contributed by atoms with Crippen molar-refractivity contribution < 1.29 is 4.74 Å².